The summed E-state index contributed by atoms with van der Waals surface area (Å²) < 4.78 is 7.68. The SMILES string of the molecule is CCCOc1ccc(C(=O)N/N=C\c2cn(Cc3ccccc3Cl)c3ccccc23)cc1. The zero-order chi connectivity index (χ0) is 22.3. The van der Waals surface area contributed by atoms with Crippen LogP contribution in [-0.2, 0) is 6.54 Å². The zero-order valence-electron chi connectivity index (χ0n) is 17.8. The van der Waals surface area contributed by atoms with Crippen molar-refractivity contribution in [3.05, 3.63) is 101 Å². The molecule has 5 nitrogen and oxygen atoms in total. The van der Waals surface area contributed by atoms with Gasteiger partial charge in [-0.3, -0.25) is 4.79 Å². The predicted molar refractivity (Wildman–Crippen MR) is 130 cm³/mol. The van der Waals surface area contributed by atoms with Crippen LogP contribution in [0, 0.1) is 0 Å². The number of aromatic nitrogens is 1. The average molecular weight is 446 g/mol. The minimum atomic E-state index is -0.275. The lowest BCUT2D eigenvalue weighted by Crippen LogP contribution is -2.17. The first-order valence-corrected chi connectivity index (χ1v) is 10.9. The van der Waals surface area contributed by atoms with Crippen LogP contribution in [0.3, 0.4) is 0 Å². The van der Waals surface area contributed by atoms with Crippen molar-refractivity contribution in [2.24, 2.45) is 5.10 Å². The van der Waals surface area contributed by atoms with Gasteiger partial charge in [0.05, 0.1) is 12.8 Å². The number of benzene rings is 3. The lowest BCUT2D eigenvalue weighted by atomic mass is 10.2. The quantitative estimate of drug-likeness (QED) is 0.271. The van der Waals surface area contributed by atoms with Gasteiger partial charge >= 0.3 is 0 Å². The van der Waals surface area contributed by atoms with Gasteiger partial charge in [0.15, 0.2) is 0 Å². The molecule has 0 unspecified atom stereocenters. The molecule has 0 aliphatic carbocycles. The van der Waals surface area contributed by atoms with E-state index < -0.39 is 0 Å². The molecule has 1 amide bonds. The highest BCUT2D eigenvalue weighted by Gasteiger charge is 2.09. The second-order valence-corrected chi connectivity index (χ2v) is 7.80. The fraction of sp³-hybridized carbons (Fsp3) is 0.154. The molecule has 32 heavy (non-hydrogen) atoms. The highest BCUT2D eigenvalue weighted by molar-refractivity contribution is 6.31. The van der Waals surface area contributed by atoms with Crippen LogP contribution >= 0.6 is 11.6 Å². The van der Waals surface area contributed by atoms with Crippen LogP contribution in [0.5, 0.6) is 5.75 Å². The number of carbonyl (C=O) groups excluding carboxylic acids is 1. The first kappa shape index (κ1) is 21.7. The molecule has 0 spiro atoms. The Labute approximate surface area is 192 Å². The van der Waals surface area contributed by atoms with E-state index in [4.69, 9.17) is 16.3 Å². The van der Waals surface area contributed by atoms with Gasteiger partial charge in [-0.15, -0.1) is 0 Å². The number of amides is 1. The van der Waals surface area contributed by atoms with Crippen molar-refractivity contribution in [3.63, 3.8) is 0 Å². The molecule has 0 bridgehead atoms. The molecule has 3 aromatic carbocycles. The molecular weight excluding hydrogens is 422 g/mol. The molecule has 4 aromatic rings. The van der Waals surface area contributed by atoms with Crippen LogP contribution in [-0.4, -0.2) is 23.3 Å². The van der Waals surface area contributed by atoms with Gasteiger partial charge in [-0.25, -0.2) is 5.43 Å². The number of ether oxygens (including phenoxy) is 1. The summed E-state index contributed by atoms with van der Waals surface area (Å²) in [6.07, 6.45) is 4.62. The molecule has 0 aliphatic heterocycles. The van der Waals surface area contributed by atoms with E-state index in [2.05, 4.69) is 21.2 Å². The van der Waals surface area contributed by atoms with Crippen molar-refractivity contribution in [2.75, 3.05) is 6.61 Å². The molecule has 162 valence electrons. The van der Waals surface area contributed by atoms with E-state index in [9.17, 15) is 4.79 Å². The second-order valence-electron chi connectivity index (χ2n) is 7.39. The Bertz CT molecular complexity index is 1250. The van der Waals surface area contributed by atoms with Gasteiger partial charge in [0.1, 0.15) is 5.75 Å². The molecule has 1 heterocycles. The number of rotatable bonds is 8. The Balaban J connectivity index is 1.49. The van der Waals surface area contributed by atoms with Gasteiger partial charge in [0, 0.05) is 39.8 Å². The molecule has 1 aromatic heterocycles. The molecule has 1 N–H and O–H groups in total. The van der Waals surface area contributed by atoms with E-state index in [-0.39, 0.29) is 5.91 Å². The Hall–Kier alpha value is -3.57. The van der Waals surface area contributed by atoms with E-state index in [0.717, 1.165) is 39.2 Å². The number of halogens is 1. The molecule has 0 saturated carbocycles. The first-order chi connectivity index (χ1) is 15.7. The lowest BCUT2D eigenvalue weighted by Gasteiger charge is -2.07. The van der Waals surface area contributed by atoms with Crippen LogP contribution in [0.4, 0.5) is 0 Å². The maximum absolute atomic E-state index is 12.4. The topological polar surface area (TPSA) is 55.6 Å². The number of carbonyl (C=O) groups is 1. The maximum Gasteiger partial charge on any atom is 0.271 e. The maximum atomic E-state index is 12.4. The zero-order valence-corrected chi connectivity index (χ0v) is 18.5. The number of hydrogen-bond acceptors (Lipinski definition) is 3. The summed E-state index contributed by atoms with van der Waals surface area (Å²) in [5.74, 6) is 0.473. The minimum absolute atomic E-state index is 0.275. The number of nitrogens with zero attached hydrogens (tertiary/aromatic N) is 2. The summed E-state index contributed by atoms with van der Waals surface area (Å²) in [5, 5.41) is 5.97. The molecule has 0 aliphatic rings. The van der Waals surface area contributed by atoms with Crippen LogP contribution in [0.15, 0.2) is 84.1 Å². The molecule has 4 rings (SSSR count). The summed E-state index contributed by atoms with van der Waals surface area (Å²) >= 11 is 6.35. The van der Waals surface area contributed by atoms with Crippen molar-refractivity contribution in [2.45, 2.75) is 19.9 Å². The van der Waals surface area contributed by atoms with Gasteiger partial charge in [-0.2, -0.15) is 5.10 Å². The fourth-order valence-corrected chi connectivity index (χ4v) is 3.66. The molecule has 0 saturated heterocycles. The number of para-hydroxylation sites is 1. The molecule has 0 fully saturated rings. The molecule has 6 heteroatoms. The third-order valence-electron chi connectivity index (χ3n) is 5.08. The molecule has 0 radical (unpaired) electrons. The summed E-state index contributed by atoms with van der Waals surface area (Å²) in [4.78, 5) is 12.4. The summed E-state index contributed by atoms with van der Waals surface area (Å²) in [5.41, 5.74) is 6.15. The lowest BCUT2D eigenvalue weighted by molar-refractivity contribution is 0.0955. The first-order valence-electron chi connectivity index (χ1n) is 10.5. The normalized spacial score (nSPS) is 11.2. The number of fused-ring (bicyclic) bond motifs is 1. The van der Waals surface area contributed by atoms with Gasteiger partial charge in [0.25, 0.3) is 5.91 Å². The van der Waals surface area contributed by atoms with Crippen molar-refractivity contribution in [1.82, 2.24) is 9.99 Å². The second kappa shape index (κ2) is 10.2. The number of hydrogen-bond donors (Lipinski definition) is 1. The van der Waals surface area contributed by atoms with Crippen LogP contribution in [0.25, 0.3) is 10.9 Å². The average Bonchev–Trinajstić information content (AvgIpc) is 3.17. The predicted octanol–water partition coefficient (Wildman–Crippen LogP) is 5.90. The van der Waals surface area contributed by atoms with Crippen molar-refractivity contribution in [3.8, 4) is 5.75 Å². The smallest absolute Gasteiger partial charge is 0.271 e. The highest BCUT2D eigenvalue weighted by atomic mass is 35.5. The fourth-order valence-electron chi connectivity index (χ4n) is 3.47. The summed E-state index contributed by atoms with van der Waals surface area (Å²) in [7, 11) is 0. The molecular formula is C26H24ClN3O2. The highest BCUT2D eigenvalue weighted by Crippen LogP contribution is 2.23. The van der Waals surface area contributed by atoms with E-state index >= 15 is 0 Å². The van der Waals surface area contributed by atoms with Crippen LogP contribution in [0.2, 0.25) is 5.02 Å². The van der Waals surface area contributed by atoms with Crippen molar-refractivity contribution in [1.29, 1.82) is 0 Å². The van der Waals surface area contributed by atoms with Gasteiger partial charge in [0.2, 0.25) is 0 Å². The monoisotopic (exact) mass is 445 g/mol. The number of nitrogens with one attached hydrogen (secondary N) is 1. The van der Waals surface area contributed by atoms with Crippen molar-refractivity contribution < 1.29 is 9.53 Å². The van der Waals surface area contributed by atoms with Crippen molar-refractivity contribution >= 4 is 34.6 Å². The summed E-state index contributed by atoms with van der Waals surface area (Å²) in [6, 6.07) is 22.9. The van der Waals surface area contributed by atoms with E-state index in [1.807, 2.05) is 55.6 Å². The Morgan fingerprint density at radius 1 is 1.06 bits per heavy atom. The Kier molecular flexibility index (Phi) is 6.87. The van der Waals surface area contributed by atoms with Crippen LogP contribution in [0.1, 0.15) is 34.8 Å². The minimum Gasteiger partial charge on any atom is -0.494 e. The standard InChI is InChI=1S/C26H24ClN3O2/c1-2-15-32-22-13-11-19(12-14-22)26(31)29-28-16-21-18-30(25-10-6-4-8-23(21)25)17-20-7-3-5-9-24(20)27/h3-14,16,18H,2,15,17H2,1H3,(H,29,31)/b28-16-. The van der Waals surface area contributed by atoms with Gasteiger partial charge < -0.3 is 9.30 Å². The van der Waals surface area contributed by atoms with E-state index in [1.54, 1.807) is 30.5 Å². The third kappa shape index (κ3) is 5.01. The van der Waals surface area contributed by atoms with Crippen LogP contribution < -0.4 is 10.2 Å². The largest absolute Gasteiger partial charge is 0.494 e. The van der Waals surface area contributed by atoms with Gasteiger partial charge in [-0.1, -0.05) is 54.9 Å². The Morgan fingerprint density at radius 3 is 2.59 bits per heavy atom. The van der Waals surface area contributed by atoms with E-state index in [1.165, 1.54) is 0 Å². The summed E-state index contributed by atoms with van der Waals surface area (Å²) in [6.45, 7) is 3.35. The Morgan fingerprint density at radius 2 is 1.81 bits per heavy atom. The molecule has 0 atom stereocenters. The number of hydrazone groups is 1. The van der Waals surface area contributed by atoms with E-state index in [0.29, 0.717) is 18.7 Å². The van der Waals surface area contributed by atoms with Gasteiger partial charge in [-0.05, 0) is 48.4 Å². The third-order valence-corrected chi connectivity index (χ3v) is 5.45.